The van der Waals surface area contributed by atoms with Crippen molar-refractivity contribution >= 4 is 17.7 Å². The zero-order valence-corrected chi connectivity index (χ0v) is 22.6. The lowest BCUT2D eigenvalue weighted by molar-refractivity contribution is -0.146. The number of esters is 2. The van der Waals surface area contributed by atoms with E-state index in [1.54, 1.807) is 6.08 Å². The molecule has 36 heavy (non-hydrogen) atoms. The molecule has 2 N–H and O–H groups in total. The third-order valence-corrected chi connectivity index (χ3v) is 6.84. The topological polar surface area (TPSA) is 110 Å². The summed E-state index contributed by atoms with van der Waals surface area (Å²) in [6, 6.07) is 0. The van der Waals surface area contributed by atoms with Gasteiger partial charge in [0.05, 0.1) is 25.4 Å². The summed E-state index contributed by atoms with van der Waals surface area (Å²) >= 11 is 0. The molecular formula is C29H50O7. The van der Waals surface area contributed by atoms with E-state index < -0.39 is 12.2 Å². The number of hydrogen-bond donors (Lipinski definition) is 2. The van der Waals surface area contributed by atoms with E-state index in [4.69, 9.17) is 9.47 Å². The van der Waals surface area contributed by atoms with Crippen molar-refractivity contribution in [3.05, 3.63) is 12.2 Å². The van der Waals surface area contributed by atoms with Crippen LogP contribution < -0.4 is 0 Å². The largest absolute Gasteiger partial charge is 0.466 e. The molecular weight excluding hydrogens is 460 g/mol. The highest BCUT2D eigenvalue weighted by atomic mass is 16.5. The molecule has 0 spiro atoms. The zero-order valence-electron chi connectivity index (χ0n) is 22.6. The van der Waals surface area contributed by atoms with Crippen LogP contribution in [0.1, 0.15) is 117 Å². The molecule has 0 heterocycles. The van der Waals surface area contributed by atoms with Gasteiger partial charge in [0, 0.05) is 37.5 Å². The highest BCUT2D eigenvalue weighted by molar-refractivity contribution is 5.84. The minimum absolute atomic E-state index is 0.104. The van der Waals surface area contributed by atoms with Crippen molar-refractivity contribution < 1.29 is 34.1 Å². The standard InChI is InChI=1S/C29H50O7/c1-3-5-9-14-23(30)18-19-25-24(26(31)22-27(25)32)15-11-7-8-12-17-29(34)36-21-13-20-35-28(33)16-10-6-4-2/h18-19,23-25,27,30,32H,3-17,20-22H2,1-2H3/b19-18+/t23-,24+,25+,27+/m0/s1. The molecule has 1 saturated carbocycles. The van der Waals surface area contributed by atoms with Gasteiger partial charge in [-0.2, -0.15) is 0 Å². The van der Waals surface area contributed by atoms with Gasteiger partial charge in [0.2, 0.25) is 0 Å². The number of ether oxygens (including phenoxy) is 2. The number of aliphatic hydroxyl groups is 2. The highest BCUT2D eigenvalue weighted by Crippen LogP contribution is 2.34. The Morgan fingerprint density at radius 1 is 0.889 bits per heavy atom. The van der Waals surface area contributed by atoms with Crippen LogP contribution in [0.3, 0.4) is 0 Å². The van der Waals surface area contributed by atoms with Gasteiger partial charge < -0.3 is 19.7 Å². The summed E-state index contributed by atoms with van der Waals surface area (Å²) < 4.78 is 10.3. The van der Waals surface area contributed by atoms with Crippen LogP contribution in [0.25, 0.3) is 0 Å². The molecule has 0 unspecified atom stereocenters. The fourth-order valence-corrected chi connectivity index (χ4v) is 4.63. The van der Waals surface area contributed by atoms with Gasteiger partial charge in [-0.25, -0.2) is 0 Å². The van der Waals surface area contributed by atoms with Gasteiger partial charge in [0.25, 0.3) is 0 Å². The van der Waals surface area contributed by atoms with E-state index in [1.165, 1.54) is 0 Å². The quantitative estimate of drug-likeness (QED) is 0.120. The van der Waals surface area contributed by atoms with E-state index in [0.29, 0.717) is 25.7 Å². The van der Waals surface area contributed by atoms with Crippen LogP contribution in [0.2, 0.25) is 0 Å². The summed E-state index contributed by atoms with van der Waals surface area (Å²) in [4.78, 5) is 35.7. The number of carbonyl (C=O) groups is 3. The molecule has 7 nitrogen and oxygen atoms in total. The fraction of sp³-hybridized carbons (Fsp3) is 0.828. The monoisotopic (exact) mass is 510 g/mol. The number of hydrogen-bond acceptors (Lipinski definition) is 7. The second kappa shape index (κ2) is 20.3. The lowest BCUT2D eigenvalue weighted by Crippen LogP contribution is -2.19. The average Bonchev–Trinajstić information content (AvgIpc) is 3.11. The number of Topliss-reactive ketones (excluding diaryl/α,β-unsaturated/α-hetero) is 1. The van der Waals surface area contributed by atoms with Gasteiger partial charge >= 0.3 is 11.9 Å². The van der Waals surface area contributed by atoms with E-state index in [1.807, 2.05) is 6.08 Å². The highest BCUT2D eigenvalue weighted by Gasteiger charge is 2.39. The first-order valence-corrected chi connectivity index (χ1v) is 14.3. The maximum Gasteiger partial charge on any atom is 0.305 e. The van der Waals surface area contributed by atoms with Crippen molar-refractivity contribution in [2.75, 3.05) is 13.2 Å². The molecule has 0 aliphatic heterocycles. The van der Waals surface area contributed by atoms with Crippen LogP contribution in [0, 0.1) is 11.8 Å². The number of unbranched alkanes of at least 4 members (excludes halogenated alkanes) is 7. The van der Waals surface area contributed by atoms with Gasteiger partial charge in [0.1, 0.15) is 5.78 Å². The van der Waals surface area contributed by atoms with Crippen molar-refractivity contribution in [3.63, 3.8) is 0 Å². The van der Waals surface area contributed by atoms with Crippen LogP contribution in [-0.4, -0.2) is 53.4 Å². The second-order valence-corrected chi connectivity index (χ2v) is 10.1. The number of aliphatic hydroxyl groups excluding tert-OH is 2. The predicted molar refractivity (Wildman–Crippen MR) is 140 cm³/mol. The Kier molecular flexibility index (Phi) is 18.3. The Balaban J connectivity index is 2.13. The summed E-state index contributed by atoms with van der Waals surface area (Å²) in [5.41, 5.74) is 0. The van der Waals surface area contributed by atoms with Crippen LogP contribution in [0.15, 0.2) is 12.2 Å². The van der Waals surface area contributed by atoms with E-state index in [0.717, 1.165) is 70.6 Å². The van der Waals surface area contributed by atoms with E-state index in [2.05, 4.69) is 13.8 Å². The summed E-state index contributed by atoms with van der Waals surface area (Å²) in [5.74, 6) is -0.728. The maximum absolute atomic E-state index is 12.4. The van der Waals surface area contributed by atoms with Gasteiger partial charge in [0.15, 0.2) is 0 Å². The third kappa shape index (κ3) is 14.7. The van der Waals surface area contributed by atoms with Crippen LogP contribution in [-0.2, 0) is 23.9 Å². The number of rotatable bonds is 21. The van der Waals surface area contributed by atoms with Crippen molar-refractivity contribution in [1.82, 2.24) is 0 Å². The molecule has 0 aromatic heterocycles. The summed E-state index contributed by atoms with van der Waals surface area (Å²) in [7, 11) is 0. The van der Waals surface area contributed by atoms with Crippen LogP contribution in [0.5, 0.6) is 0 Å². The molecule has 0 amide bonds. The molecule has 1 fully saturated rings. The summed E-state index contributed by atoms with van der Waals surface area (Å²) in [6.07, 6.45) is 14.8. The molecule has 208 valence electrons. The third-order valence-electron chi connectivity index (χ3n) is 6.84. The smallest absolute Gasteiger partial charge is 0.305 e. The molecule has 1 aliphatic carbocycles. The Hall–Kier alpha value is -1.73. The molecule has 0 saturated heterocycles. The molecule has 0 bridgehead atoms. The van der Waals surface area contributed by atoms with Gasteiger partial charge in [-0.05, 0) is 25.7 Å². The SMILES string of the molecule is CCCCCC(=O)OCCCOC(=O)CCCCCC[C@H]1C(=O)C[C@@H](O)[C@@H]1/C=C/[C@@H](O)CCCCC. The van der Waals surface area contributed by atoms with E-state index in [9.17, 15) is 24.6 Å². The van der Waals surface area contributed by atoms with Crippen molar-refractivity contribution in [3.8, 4) is 0 Å². The molecule has 0 aromatic rings. The fourth-order valence-electron chi connectivity index (χ4n) is 4.63. The Morgan fingerprint density at radius 3 is 2.11 bits per heavy atom. The molecule has 0 aromatic carbocycles. The summed E-state index contributed by atoms with van der Waals surface area (Å²) in [6.45, 7) is 4.75. The molecule has 1 rings (SSSR count). The first-order chi connectivity index (χ1) is 17.4. The lowest BCUT2D eigenvalue weighted by Gasteiger charge is -2.18. The van der Waals surface area contributed by atoms with Crippen molar-refractivity contribution in [2.24, 2.45) is 11.8 Å². The van der Waals surface area contributed by atoms with Crippen molar-refractivity contribution in [1.29, 1.82) is 0 Å². The Bertz CT molecular complexity index is 646. The Labute approximate surface area is 218 Å². The number of ketones is 1. The predicted octanol–water partition coefficient (Wildman–Crippen LogP) is 5.45. The molecule has 7 heteroatoms. The maximum atomic E-state index is 12.4. The molecule has 1 aliphatic rings. The van der Waals surface area contributed by atoms with Crippen molar-refractivity contribution in [2.45, 2.75) is 129 Å². The molecule has 4 atom stereocenters. The lowest BCUT2D eigenvalue weighted by atomic mass is 9.88. The van der Waals surface area contributed by atoms with Gasteiger partial charge in [-0.3, -0.25) is 14.4 Å². The molecule has 0 radical (unpaired) electrons. The van der Waals surface area contributed by atoms with Crippen LogP contribution in [0.4, 0.5) is 0 Å². The minimum atomic E-state index is -0.666. The van der Waals surface area contributed by atoms with Crippen LogP contribution >= 0.6 is 0 Å². The van der Waals surface area contributed by atoms with Gasteiger partial charge in [-0.15, -0.1) is 0 Å². The number of carbonyl (C=O) groups excluding carboxylic acids is 3. The zero-order chi connectivity index (χ0) is 26.6. The van der Waals surface area contributed by atoms with E-state index in [-0.39, 0.29) is 49.2 Å². The average molecular weight is 511 g/mol. The first kappa shape index (κ1) is 32.3. The Morgan fingerprint density at radius 2 is 1.47 bits per heavy atom. The normalized spacial score (nSPS) is 20.7. The van der Waals surface area contributed by atoms with E-state index >= 15 is 0 Å². The first-order valence-electron chi connectivity index (χ1n) is 14.3. The van der Waals surface area contributed by atoms with Gasteiger partial charge in [-0.1, -0.05) is 77.4 Å². The second-order valence-electron chi connectivity index (χ2n) is 10.1. The minimum Gasteiger partial charge on any atom is -0.466 e. The summed E-state index contributed by atoms with van der Waals surface area (Å²) in [5, 5.41) is 20.4.